The van der Waals surface area contributed by atoms with Crippen LogP contribution in [-0.4, -0.2) is 18.8 Å². The van der Waals surface area contributed by atoms with Crippen molar-refractivity contribution in [2.24, 2.45) is 0 Å². The van der Waals surface area contributed by atoms with Crippen molar-refractivity contribution >= 4 is 18.8 Å². The third-order valence-corrected chi connectivity index (χ3v) is 3.50. The maximum atomic E-state index is 2.40. The van der Waals surface area contributed by atoms with Gasteiger partial charge in [0.2, 0.25) is 0 Å². The highest BCUT2D eigenvalue weighted by Crippen LogP contribution is 1.87. The van der Waals surface area contributed by atoms with Crippen molar-refractivity contribution in [1.82, 2.24) is 0 Å². The van der Waals surface area contributed by atoms with E-state index in [4.69, 9.17) is 0 Å². The summed E-state index contributed by atoms with van der Waals surface area (Å²) in [6, 6.07) is 1.49. The van der Waals surface area contributed by atoms with E-state index in [-0.39, 0.29) is 0 Å². The molecule has 0 aliphatic rings. The fourth-order valence-electron chi connectivity index (χ4n) is 0.408. The van der Waals surface area contributed by atoms with Gasteiger partial charge in [0.05, 0.1) is 0 Å². The lowest BCUT2D eigenvalue weighted by Gasteiger charge is -1.84. The number of hydrogen-bond acceptors (Lipinski definition) is 0. The van der Waals surface area contributed by atoms with E-state index in [9.17, 15) is 0 Å². The van der Waals surface area contributed by atoms with Crippen LogP contribution in [0, 0.1) is 6.42 Å². The zero-order valence-corrected chi connectivity index (χ0v) is 8.11. The predicted octanol–water partition coefficient (Wildman–Crippen LogP) is -0.532. The minimum Gasteiger partial charge on any atom is -0.0651 e. The van der Waals surface area contributed by atoms with Crippen LogP contribution in [0.4, 0.5) is 0 Å². The van der Waals surface area contributed by atoms with Crippen LogP contribution in [-0.2, 0) is 0 Å². The fraction of sp³-hybridized carbons (Fsp3) is 0.750. The molecule has 0 fully saturated rings. The maximum Gasteiger partial charge on any atom is 0.00448 e. The van der Waals surface area contributed by atoms with Crippen LogP contribution in [0.2, 0.25) is 6.04 Å². The van der Waals surface area contributed by atoms with Crippen LogP contribution >= 0.6 is 0 Å². The van der Waals surface area contributed by atoms with Gasteiger partial charge in [-0.05, 0) is 16.2 Å². The van der Waals surface area contributed by atoms with Gasteiger partial charge >= 0.3 is 0 Å². The van der Waals surface area contributed by atoms with Gasteiger partial charge in [-0.25, -0.2) is 0 Å². The molecule has 0 spiro atoms. The highest BCUT2D eigenvalue weighted by atomic mass is 29.1. The van der Waals surface area contributed by atoms with Crippen LogP contribution in [0.25, 0.3) is 0 Å². The van der Waals surface area contributed by atoms with Crippen molar-refractivity contribution in [3.05, 3.63) is 6.42 Å². The van der Waals surface area contributed by atoms with Gasteiger partial charge in [-0.15, -0.1) is 0 Å². The van der Waals surface area contributed by atoms with E-state index in [1.165, 1.54) is 22.2 Å². The third kappa shape index (κ3) is 4.43. The zero-order valence-electron chi connectivity index (χ0n) is 4.70. The molecule has 0 aromatic heterocycles. The van der Waals surface area contributed by atoms with Gasteiger partial charge in [0.15, 0.2) is 0 Å². The van der Waals surface area contributed by atoms with Gasteiger partial charge in [0, 0.05) is 9.04 Å². The summed E-state index contributed by atoms with van der Waals surface area (Å²) >= 11 is 0. The lowest BCUT2D eigenvalue weighted by Crippen LogP contribution is -1.85. The molecule has 0 rings (SSSR count). The Morgan fingerprint density at radius 3 is 2.67 bits per heavy atom. The Bertz CT molecular complexity index is 17.5. The Morgan fingerprint density at radius 1 is 1.83 bits per heavy atom. The monoisotopic (exact) mass is 117 g/mol. The standard InChI is InChI=1S/C4H13Si2/c1-2-3-4-6-5/h3H,2,4,6H2,1,5H3. The van der Waals surface area contributed by atoms with Gasteiger partial charge in [0.1, 0.15) is 0 Å². The van der Waals surface area contributed by atoms with Crippen LogP contribution in [0.3, 0.4) is 0 Å². The Kier molecular flexibility index (Phi) is 5.83. The molecule has 37 valence electrons. The summed E-state index contributed by atoms with van der Waals surface area (Å²) in [4.78, 5) is 0. The molecule has 0 nitrogen and oxygen atoms in total. The zero-order chi connectivity index (χ0) is 4.83. The van der Waals surface area contributed by atoms with Gasteiger partial charge in [-0.2, -0.15) is 0 Å². The Labute approximate surface area is 45.4 Å². The SMILES string of the molecule is CC[CH]C[SiH2][SiH3]. The van der Waals surface area contributed by atoms with Crippen molar-refractivity contribution in [2.45, 2.75) is 19.4 Å². The first-order valence-electron chi connectivity index (χ1n) is 2.73. The van der Waals surface area contributed by atoms with Gasteiger partial charge in [-0.3, -0.25) is 0 Å². The van der Waals surface area contributed by atoms with E-state index < -0.39 is 0 Å². The summed E-state index contributed by atoms with van der Waals surface area (Å²) in [5.74, 6) is 0. The molecule has 0 aromatic rings. The van der Waals surface area contributed by atoms with E-state index >= 15 is 0 Å². The van der Waals surface area contributed by atoms with Crippen molar-refractivity contribution < 1.29 is 0 Å². The molecule has 0 aliphatic heterocycles. The van der Waals surface area contributed by atoms with E-state index in [2.05, 4.69) is 13.3 Å². The lowest BCUT2D eigenvalue weighted by atomic mass is 10.4. The molecule has 2 heteroatoms. The summed E-state index contributed by atoms with van der Waals surface area (Å²) in [6.07, 6.45) is 3.69. The van der Waals surface area contributed by atoms with Crippen LogP contribution < -0.4 is 0 Å². The molecule has 0 heterocycles. The molecular formula is C4H13Si2. The second-order valence-electron chi connectivity index (χ2n) is 1.49. The summed E-state index contributed by atoms with van der Waals surface area (Å²) < 4.78 is 0. The minimum atomic E-state index is 0.486. The van der Waals surface area contributed by atoms with Crippen molar-refractivity contribution in [1.29, 1.82) is 0 Å². The predicted molar refractivity (Wildman–Crippen MR) is 37.9 cm³/mol. The van der Waals surface area contributed by atoms with Crippen LogP contribution in [0.1, 0.15) is 13.3 Å². The van der Waals surface area contributed by atoms with E-state index in [1.54, 1.807) is 0 Å². The summed E-state index contributed by atoms with van der Waals surface area (Å²) in [6.45, 7) is 2.21. The second-order valence-corrected chi connectivity index (χ2v) is 6.06. The van der Waals surface area contributed by atoms with Gasteiger partial charge < -0.3 is 0 Å². The third-order valence-electron chi connectivity index (χ3n) is 0.781. The summed E-state index contributed by atoms with van der Waals surface area (Å²) in [5.41, 5.74) is 0. The molecule has 0 aromatic carbocycles. The van der Waals surface area contributed by atoms with Gasteiger partial charge in [-0.1, -0.05) is 19.4 Å². The van der Waals surface area contributed by atoms with Gasteiger partial charge in [0.25, 0.3) is 0 Å². The molecule has 6 heavy (non-hydrogen) atoms. The highest BCUT2D eigenvalue weighted by molar-refractivity contribution is 6.89. The Balaban J connectivity index is 2.34. The molecule has 0 unspecified atom stereocenters. The van der Waals surface area contributed by atoms with Crippen LogP contribution in [0.15, 0.2) is 0 Å². The van der Waals surface area contributed by atoms with Crippen LogP contribution in [0.5, 0.6) is 0 Å². The molecular weight excluding hydrogens is 104 g/mol. The maximum absolute atomic E-state index is 2.40. The molecule has 0 atom stereocenters. The molecule has 0 aliphatic carbocycles. The molecule has 0 N–H and O–H groups in total. The highest BCUT2D eigenvalue weighted by Gasteiger charge is 1.76. The molecule has 1 radical (unpaired) electrons. The fourth-order valence-corrected chi connectivity index (χ4v) is 2.45. The molecule has 0 bridgehead atoms. The van der Waals surface area contributed by atoms with Crippen molar-refractivity contribution in [2.75, 3.05) is 0 Å². The first kappa shape index (κ1) is 6.43. The van der Waals surface area contributed by atoms with E-state index in [0.717, 1.165) is 0 Å². The number of unbranched alkanes of at least 4 members (excludes halogenated alkanes) is 1. The van der Waals surface area contributed by atoms with E-state index in [1.807, 2.05) is 0 Å². The number of hydrogen-bond donors (Lipinski definition) is 0. The largest absolute Gasteiger partial charge is 0.0651 e. The first-order chi connectivity index (χ1) is 2.91. The lowest BCUT2D eigenvalue weighted by molar-refractivity contribution is 1.09. The smallest absolute Gasteiger partial charge is 0.00448 e. The van der Waals surface area contributed by atoms with E-state index in [0.29, 0.717) is 9.04 Å². The first-order valence-corrected chi connectivity index (χ1v) is 9.39. The number of rotatable bonds is 3. The average Bonchev–Trinajstić information content (AvgIpc) is 1.61. The van der Waals surface area contributed by atoms with Crippen molar-refractivity contribution in [3.8, 4) is 0 Å². The molecule has 0 saturated carbocycles. The molecule has 0 amide bonds. The second kappa shape index (κ2) is 5.43. The Hall–Kier alpha value is 0.434. The van der Waals surface area contributed by atoms with Crippen molar-refractivity contribution in [3.63, 3.8) is 0 Å². The quantitative estimate of drug-likeness (QED) is 0.344. The topological polar surface area (TPSA) is 0 Å². The average molecular weight is 117 g/mol. The summed E-state index contributed by atoms with van der Waals surface area (Å²) in [7, 11) is 2.00. The Morgan fingerprint density at radius 2 is 2.50 bits per heavy atom. The summed E-state index contributed by atoms with van der Waals surface area (Å²) in [5, 5.41) is 0. The molecule has 0 saturated heterocycles. The minimum absolute atomic E-state index is 0.486. The normalized spacial score (nSPS) is 11.5.